The Morgan fingerprint density at radius 3 is 2.35 bits per heavy atom. The SMILES string of the molecule is C=CCc1cc(CNCc2ccc(NC(C)=O)cc2)cc(OC)c1OC. The van der Waals surface area contributed by atoms with Gasteiger partial charge in [-0.1, -0.05) is 24.3 Å². The lowest BCUT2D eigenvalue weighted by atomic mass is 10.1. The van der Waals surface area contributed by atoms with Gasteiger partial charge >= 0.3 is 0 Å². The standard InChI is InChI=1S/C21H26N2O3/c1-5-6-18-11-17(12-20(25-3)21(18)26-4)14-22-13-16-7-9-19(10-8-16)23-15(2)24/h5,7-12,22H,1,6,13-14H2,2-4H3,(H,23,24). The molecule has 0 atom stereocenters. The molecule has 2 N–H and O–H groups in total. The largest absolute Gasteiger partial charge is 0.493 e. The molecule has 0 saturated carbocycles. The van der Waals surface area contributed by atoms with Crippen LogP contribution in [-0.4, -0.2) is 20.1 Å². The maximum atomic E-state index is 11.1. The van der Waals surface area contributed by atoms with E-state index in [4.69, 9.17) is 9.47 Å². The van der Waals surface area contributed by atoms with Crippen molar-refractivity contribution >= 4 is 11.6 Å². The maximum absolute atomic E-state index is 11.1. The molecule has 5 heteroatoms. The van der Waals surface area contributed by atoms with Crippen molar-refractivity contribution in [3.05, 3.63) is 65.7 Å². The van der Waals surface area contributed by atoms with Crippen molar-refractivity contribution in [3.8, 4) is 11.5 Å². The van der Waals surface area contributed by atoms with Crippen molar-refractivity contribution in [1.82, 2.24) is 5.32 Å². The minimum absolute atomic E-state index is 0.0698. The van der Waals surface area contributed by atoms with Gasteiger partial charge < -0.3 is 20.1 Å². The van der Waals surface area contributed by atoms with Crippen molar-refractivity contribution in [2.45, 2.75) is 26.4 Å². The predicted molar refractivity (Wildman–Crippen MR) is 105 cm³/mol. The summed E-state index contributed by atoms with van der Waals surface area (Å²) in [7, 11) is 3.29. The highest BCUT2D eigenvalue weighted by atomic mass is 16.5. The van der Waals surface area contributed by atoms with E-state index < -0.39 is 0 Å². The number of nitrogens with one attached hydrogen (secondary N) is 2. The zero-order chi connectivity index (χ0) is 18.9. The number of benzene rings is 2. The third-order valence-corrected chi connectivity index (χ3v) is 3.91. The number of anilines is 1. The average Bonchev–Trinajstić information content (AvgIpc) is 2.62. The van der Waals surface area contributed by atoms with Crippen LogP contribution >= 0.6 is 0 Å². The molecule has 0 radical (unpaired) electrons. The predicted octanol–water partition coefficient (Wildman–Crippen LogP) is 3.68. The molecule has 0 unspecified atom stereocenters. The third-order valence-electron chi connectivity index (χ3n) is 3.91. The second-order valence-electron chi connectivity index (χ2n) is 5.96. The number of hydrogen-bond donors (Lipinski definition) is 2. The van der Waals surface area contributed by atoms with Gasteiger partial charge in [-0.3, -0.25) is 4.79 Å². The van der Waals surface area contributed by atoms with Gasteiger partial charge in [-0.15, -0.1) is 6.58 Å². The molecule has 0 fully saturated rings. The Balaban J connectivity index is 2.01. The van der Waals surface area contributed by atoms with Crippen molar-refractivity contribution in [3.63, 3.8) is 0 Å². The first kappa shape index (κ1) is 19.5. The van der Waals surface area contributed by atoms with E-state index in [-0.39, 0.29) is 5.91 Å². The first-order chi connectivity index (χ1) is 12.6. The molecular weight excluding hydrogens is 328 g/mol. The van der Waals surface area contributed by atoms with Crippen molar-refractivity contribution in [2.75, 3.05) is 19.5 Å². The van der Waals surface area contributed by atoms with E-state index >= 15 is 0 Å². The summed E-state index contributed by atoms with van der Waals surface area (Å²) >= 11 is 0. The number of methoxy groups -OCH3 is 2. The molecule has 2 aromatic carbocycles. The van der Waals surface area contributed by atoms with Crippen molar-refractivity contribution < 1.29 is 14.3 Å². The molecule has 0 saturated heterocycles. The topological polar surface area (TPSA) is 59.6 Å². The molecule has 2 aromatic rings. The zero-order valence-electron chi connectivity index (χ0n) is 15.6. The van der Waals surface area contributed by atoms with E-state index in [1.54, 1.807) is 14.2 Å². The van der Waals surface area contributed by atoms with Crippen molar-refractivity contribution in [1.29, 1.82) is 0 Å². The van der Waals surface area contributed by atoms with Crippen LogP contribution in [0.2, 0.25) is 0 Å². The molecule has 26 heavy (non-hydrogen) atoms. The zero-order valence-corrected chi connectivity index (χ0v) is 15.6. The van der Waals surface area contributed by atoms with Gasteiger partial charge in [0.05, 0.1) is 14.2 Å². The smallest absolute Gasteiger partial charge is 0.221 e. The number of rotatable bonds is 9. The van der Waals surface area contributed by atoms with Gasteiger partial charge in [0.1, 0.15) is 0 Å². The Morgan fingerprint density at radius 1 is 1.08 bits per heavy atom. The summed E-state index contributed by atoms with van der Waals surface area (Å²) in [5.41, 5.74) is 4.12. The molecular formula is C21H26N2O3. The Bertz CT molecular complexity index is 755. The molecule has 0 aromatic heterocycles. The van der Waals surface area contributed by atoms with Gasteiger partial charge in [-0.2, -0.15) is 0 Å². The van der Waals surface area contributed by atoms with Crippen LogP contribution in [0.25, 0.3) is 0 Å². The van der Waals surface area contributed by atoms with Gasteiger partial charge in [0.15, 0.2) is 11.5 Å². The van der Waals surface area contributed by atoms with Crippen LogP contribution in [0.3, 0.4) is 0 Å². The van der Waals surface area contributed by atoms with Gasteiger partial charge in [0.2, 0.25) is 5.91 Å². The molecule has 0 aliphatic heterocycles. The van der Waals surface area contributed by atoms with Crippen LogP contribution < -0.4 is 20.1 Å². The summed E-state index contributed by atoms with van der Waals surface area (Å²) in [6, 6.07) is 11.9. The fourth-order valence-electron chi connectivity index (χ4n) is 2.78. The molecule has 0 spiro atoms. The fraction of sp³-hybridized carbons (Fsp3) is 0.286. The summed E-state index contributed by atoms with van der Waals surface area (Å²) in [6.07, 6.45) is 2.57. The van der Waals surface area contributed by atoms with Gasteiger partial charge in [0, 0.05) is 31.3 Å². The molecule has 138 valence electrons. The monoisotopic (exact) mass is 354 g/mol. The number of ether oxygens (including phenoxy) is 2. The lowest BCUT2D eigenvalue weighted by Gasteiger charge is -2.15. The Kier molecular flexibility index (Phi) is 7.24. The highest BCUT2D eigenvalue weighted by molar-refractivity contribution is 5.88. The highest BCUT2D eigenvalue weighted by Crippen LogP contribution is 2.33. The first-order valence-electron chi connectivity index (χ1n) is 8.49. The lowest BCUT2D eigenvalue weighted by Crippen LogP contribution is -2.13. The molecule has 1 amide bonds. The summed E-state index contributed by atoms with van der Waals surface area (Å²) in [4.78, 5) is 11.1. The van der Waals surface area contributed by atoms with E-state index in [1.165, 1.54) is 6.92 Å². The Morgan fingerprint density at radius 2 is 1.77 bits per heavy atom. The molecule has 2 rings (SSSR count). The van der Waals surface area contributed by atoms with Crippen LogP contribution in [0.1, 0.15) is 23.6 Å². The van der Waals surface area contributed by atoms with Crippen molar-refractivity contribution in [2.24, 2.45) is 0 Å². The Labute approximate surface area is 155 Å². The number of amides is 1. The summed E-state index contributed by atoms with van der Waals surface area (Å²) in [5, 5.41) is 6.19. The molecule has 0 aliphatic rings. The van der Waals surface area contributed by atoms with Crippen LogP contribution in [0.4, 0.5) is 5.69 Å². The minimum Gasteiger partial charge on any atom is -0.493 e. The minimum atomic E-state index is -0.0698. The molecule has 5 nitrogen and oxygen atoms in total. The van der Waals surface area contributed by atoms with Crippen LogP contribution in [0, 0.1) is 0 Å². The average molecular weight is 354 g/mol. The van der Waals surface area contributed by atoms with E-state index in [1.807, 2.05) is 36.4 Å². The number of carbonyl (C=O) groups is 1. The van der Waals surface area contributed by atoms with Gasteiger partial charge in [-0.05, 0) is 35.7 Å². The number of carbonyl (C=O) groups excluding carboxylic acids is 1. The number of hydrogen-bond acceptors (Lipinski definition) is 4. The fourth-order valence-corrected chi connectivity index (χ4v) is 2.78. The molecule has 0 heterocycles. The van der Waals surface area contributed by atoms with Crippen LogP contribution in [0.15, 0.2) is 49.1 Å². The highest BCUT2D eigenvalue weighted by Gasteiger charge is 2.11. The first-order valence-corrected chi connectivity index (χ1v) is 8.49. The van der Waals surface area contributed by atoms with E-state index in [2.05, 4.69) is 23.3 Å². The van der Waals surface area contributed by atoms with E-state index in [0.29, 0.717) is 6.54 Å². The summed E-state index contributed by atoms with van der Waals surface area (Å²) in [6.45, 7) is 6.74. The van der Waals surface area contributed by atoms with E-state index in [0.717, 1.165) is 46.8 Å². The van der Waals surface area contributed by atoms with Gasteiger partial charge in [-0.25, -0.2) is 0 Å². The Hall–Kier alpha value is -2.79. The van der Waals surface area contributed by atoms with Crippen LogP contribution in [0.5, 0.6) is 11.5 Å². The maximum Gasteiger partial charge on any atom is 0.221 e. The lowest BCUT2D eigenvalue weighted by molar-refractivity contribution is -0.114. The second kappa shape index (κ2) is 9.63. The van der Waals surface area contributed by atoms with Crippen LogP contribution in [-0.2, 0) is 24.3 Å². The molecule has 0 bridgehead atoms. The summed E-state index contributed by atoms with van der Waals surface area (Å²) in [5.74, 6) is 1.41. The quantitative estimate of drug-likeness (QED) is 0.675. The normalized spacial score (nSPS) is 10.3. The van der Waals surface area contributed by atoms with Gasteiger partial charge in [0.25, 0.3) is 0 Å². The number of allylic oxidation sites excluding steroid dienone is 1. The molecule has 0 aliphatic carbocycles. The summed E-state index contributed by atoms with van der Waals surface area (Å²) < 4.78 is 10.9. The third kappa shape index (κ3) is 5.36. The van der Waals surface area contributed by atoms with E-state index in [9.17, 15) is 4.79 Å². The second-order valence-corrected chi connectivity index (χ2v) is 5.96.